The van der Waals surface area contributed by atoms with Crippen molar-refractivity contribution in [1.82, 2.24) is 9.47 Å². The predicted octanol–water partition coefficient (Wildman–Crippen LogP) is 2.54. The zero-order valence-electron chi connectivity index (χ0n) is 14.4. The van der Waals surface area contributed by atoms with E-state index < -0.39 is 9.84 Å². The van der Waals surface area contributed by atoms with Crippen LogP contribution >= 0.6 is 0 Å². The molecule has 1 amide bonds. The molecule has 0 aliphatic carbocycles. The molecule has 1 atom stereocenters. The Labute approximate surface area is 139 Å². The van der Waals surface area contributed by atoms with Crippen LogP contribution in [0.3, 0.4) is 0 Å². The van der Waals surface area contributed by atoms with Crippen molar-refractivity contribution in [2.24, 2.45) is 13.0 Å². The molecular weight excluding hydrogens is 312 g/mol. The molecule has 1 aromatic rings. The number of aryl methyl sites for hydroxylation is 1. The van der Waals surface area contributed by atoms with Crippen LogP contribution in [0.1, 0.15) is 51.3 Å². The van der Waals surface area contributed by atoms with Crippen molar-refractivity contribution in [1.29, 1.82) is 0 Å². The molecule has 130 valence electrons. The summed E-state index contributed by atoms with van der Waals surface area (Å²) in [7, 11) is -1.37. The van der Waals surface area contributed by atoms with Gasteiger partial charge in [-0.05, 0) is 30.9 Å². The number of rotatable bonds is 5. The average Bonchev–Trinajstić information content (AvgIpc) is 2.71. The van der Waals surface area contributed by atoms with E-state index in [0.717, 1.165) is 31.4 Å². The number of hydrogen-bond donors (Lipinski definition) is 0. The van der Waals surface area contributed by atoms with E-state index in [-0.39, 0.29) is 29.4 Å². The average molecular weight is 340 g/mol. The summed E-state index contributed by atoms with van der Waals surface area (Å²) in [6.07, 6.45) is 5.96. The van der Waals surface area contributed by atoms with Gasteiger partial charge in [0.25, 0.3) is 0 Å². The van der Waals surface area contributed by atoms with Crippen molar-refractivity contribution < 1.29 is 13.2 Å². The summed E-state index contributed by atoms with van der Waals surface area (Å²) in [6.45, 7) is 4.37. The van der Waals surface area contributed by atoms with Gasteiger partial charge in [0.2, 0.25) is 5.91 Å². The van der Waals surface area contributed by atoms with E-state index in [4.69, 9.17) is 0 Å². The SMILES string of the molecule is CC(C)CS(=O)(=O)CC(=O)N1CCCCC[C@@H]1c1cccn1C. The minimum absolute atomic E-state index is 0.0146. The van der Waals surface area contributed by atoms with Crippen LogP contribution in [-0.2, 0) is 21.7 Å². The molecule has 1 aromatic heterocycles. The minimum Gasteiger partial charge on any atom is -0.353 e. The standard InChI is InChI=1S/C17H28N2O3S/c1-14(2)12-23(21,22)13-17(20)19-11-6-4-5-8-16(19)15-9-7-10-18(15)3/h7,9-10,14,16H,4-6,8,11-13H2,1-3H3/t16-/m1/s1. The molecule has 5 nitrogen and oxygen atoms in total. The molecule has 6 heteroatoms. The van der Waals surface area contributed by atoms with Gasteiger partial charge in [-0.25, -0.2) is 8.42 Å². The summed E-state index contributed by atoms with van der Waals surface area (Å²) in [5, 5.41) is 0. The lowest BCUT2D eigenvalue weighted by Gasteiger charge is -2.30. The van der Waals surface area contributed by atoms with Gasteiger partial charge in [0.05, 0.1) is 11.8 Å². The van der Waals surface area contributed by atoms with E-state index in [0.29, 0.717) is 6.54 Å². The van der Waals surface area contributed by atoms with E-state index >= 15 is 0 Å². The fourth-order valence-corrected chi connectivity index (χ4v) is 5.05. The van der Waals surface area contributed by atoms with E-state index in [9.17, 15) is 13.2 Å². The molecule has 0 radical (unpaired) electrons. The second kappa shape index (κ2) is 7.51. The van der Waals surface area contributed by atoms with Crippen LogP contribution in [0.25, 0.3) is 0 Å². The van der Waals surface area contributed by atoms with Gasteiger partial charge in [-0.2, -0.15) is 0 Å². The summed E-state index contributed by atoms with van der Waals surface area (Å²) in [4.78, 5) is 14.5. The number of likely N-dealkylation sites (tertiary alicyclic amines) is 1. The number of hydrogen-bond acceptors (Lipinski definition) is 3. The second-order valence-corrected chi connectivity index (χ2v) is 9.05. The lowest BCUT2D eigenvalue weighted by Crippen LogP contribution is -2.40. The van der Waals surface area contributed by atoms with Gasteiger partial charge in [-0.15, -0.1) is 0 Å². The first kappa shape index (κ1) is 18.0. The first-order valence-electron chi connectivity index (χ1n) is 8.41. The molecule has 0 bridgehead atoms. The van der Waals surface area contributed by atoms with Gasteiger partial charge >= 0.3 is 0 Å². The van der Waals surface area contributed by atoms with Gasteiger partial charge in [0.15, 0.2) is 9.84 Å². The number of sulfone groups is 1. The number of aromatic nitrogens is 1. The molecule has 1 aliphatic rings. The van der Waals surface area contributed by atoms with E-state index in [1.54, 1.807) is 4.90 Å². The number of nitrogens with zero attached hydrogens (tertiary/aromatic N) is 2. The largest absolute Gasteiger partial charge is 0.353 e. The zero-order chi connectivity index (χ0) is 17.0. The molecule has 2 rings (SSSR count). The molecule has 23 heavy (non-hydrogen) atoms. The Bertz CT molecular complexity index is 634. The van der Waals surface area contributed by atoms with Gasteiger partial charge in [0.1, 0.15) is 5.75 Å². The Hall–Kier alpha value is -1.30. The lowest BCUT2D eigenvalue weighted by atomic mass is 10.1. The van der Waals surface area contributed by atoms with Gasteiger partial charge < -0.3 is 9.47 Å². The normalized spacial score (nSPS) is 19.8. The monoisotopic (exact) mass is 340 g/mol. The van der Waals surface area contributed by atoms with Crippen molar-refractivity contribution in [3.63, 3.8) is 0 Å². The van der Waals surface area contributed by atoms with Crippen molar-refractivity contribution in [3.8, 4) is 0 Å². The fourth-order valence-electron chi connectivity index (χ4n) is 3.37. The van der Waals surface area contributed by atoms with Crippen LogP contribution in [0, 0.1) is 5.92 Å². The summed E-state index contributed by atoms with van der Waals surface area (Å²) in [5.74, 6) is -0.507. The van der Waals surface area contributed by atoms with Gasteiger partial charge in [-0.3, -0.25) is 4.79 Å². The molecular formula is C17H28N2O3S. The van der Waals surface area contributed by atoms with Crippen LogP contribution in [0.15, 0.2) is 18.3 Å². The highest BCUT2D eigenvalue weighted by Gasteiger charge is 2.30. The molecule has 0 saturated carbocycles. The van der Waals surface area contributed by atoms with Crippen molar-refractivity contribution in [2.75, 3.05) is 18.1 Å². The molecule has 0 aromatic carbocycles. The van der Waals surface area contributed by atoms with Gasteiger partial charge in [-0.1, -0.05) is 26.7 Å². The van der Waals surface area contributed by atoms with Crippen LogP contribution in [0.2, 0.25) is 0 Å². The third-order valence-corrected chi connectivity index (χ3v) is 6.19. The summed E-state index contributed by atoms with van der Waals surface area (Å²) in [5.41, 5.74) is 1.08. The molecule has 0 unspecified atom stereocenters. The quantitative estimate of drug-likeness (QED) is 0.827. The smallest absolute Gasteiger partial charge is 0.238 e. The number of carbonyl (C=O) groups is 1. The van der Waals surface area contributed by atoms with Crippen LogP contribution in [0.4, 0.5) is 0 Å². The Morgan fingerprint density at radius 1 is 1.30 bits per heavy atom. The molecule has 1 fully saturated rings. The van der Waals surface area contributed by atoms with E-state index in [2.05, 4.69) is 0 Å². The third-order valence-electron chi connectivity index (χ3n) is 4.33. The summed E-state index contributed by atoms with van der Waals surface area (Å²) in [6, 6.07) is 3.98. The highest BCUT2D eigenvalue weighted by Crippen LogP contribution is 2.30. The fraction of sp³-hybridized carbons (Fsp3) is 0.706. The Morgan fingerprint density at radius 3 is 2.65 bits per heavy atom. The Balaban J connectivity index is 2.19. The summed E-state index contributed by atoms with van der Waals surface area (Å²) >= 11 is 0. The maximum Gasteiger partial charge on any atom is 0.238 e. The minimum atomic E-state index is -3.34. The predicted molar refractivity (Wildman–Crippen MR) is 91.8 cm³/mol. The molecule has 1 aliphatic heterocycles. The van der Waals surface area contributed by atoms with E-state index in [1.807, 2.05) is 43.8 Å². The van der Waals surface area contributed by atoms with Crippen molar-refractivity contribution >= 4 is 15.7 Å². The first-order valence-corrected chi connectivity index (χ1v) is 10.2. The lowest BCUT2D eigenvalue weighted by molar-refractivity contribution is -0.131. The Morgan fingerprint density at radius 2 is 2.04 bits per heavy atom. The topological polar surface area (TPSA) is 59.4 Å². The number of carbonyl (C=O) groups excluding carboxylic acids is 1. The zero-order valence-corrected chi connectivity index (χ0v) is 15.2. The molecule has 0 N–H and O–H groups in total. The van der Waals surface area contributed by atoms with Crippen LogP contribution < -0.4 is 0 Å². The van der Waals surface area contributed by atoms with Crippen LogP contribution in [0.5, 0.6) is 0 Å². The van der Waals surface area contributed by atoms with Crippen molar-refractivity contribution in [2.45, 2.75) is 45.6 Å². The van der Waals surface area contributed by atoms with Crippen LogP contribution in [-0.4, -0.2) is 41.8 Å². The second-order valence-electron chi connectivity index (χ2n) is 6.94. The highest BCUT2D eigenvalue weighted by atomic mass is 32.2. The van der Waals surface area contributed by atoms with Gasteiger partial charge in [0, 0.05) is 25.5 Å². The highest BCUT2D eigenvalue weighted by molar-refractivity contribution is 7.92. The summed E-state index contributed by atoms with van der Waals surface area (Å²) < 4.78 is 26.4. The molecule has 1 saturated heterocycles. The maximum atomic E-state index is 12.7. The first-order chi connectivity index (χ1) is 10.8. The number of amides is 1. The Kier molecular flexibility index (Phi) is 5.89. The molecule has 0 spiro atoms. The molecule has 2 heterocycles. The van der Waals surface area contributed by atoms with Crippen molar-refractivity contribution in [3.05, 3.63) is 24.0 Å². The third kappa shape index (κ3) is 4.83. The van der Waals surface area contributed by atoms with E-state index in [1.165, 1.54) is 0 Å². The maximum absolute atomic E-state index is 12.7.